The lowest BCUT2D eigenvalue weighted by Gasteiger charge is -2.23. The summed E-state index contributed by atoms with van der Waals surface area (Å²) in [6.07, 6.45) is 1.48. The second-order valence-electron chi connectivity index (χ2n) is 10.9. The van der Waals surface area contributed by atoms with Crippen LogP contribution in [0.3, 0.4) is 0 Å². The van der Waals surface area contributed by atoms with Crippen LogP contribution in [-0.4, -0.2) is 30.6 Å². The molecule has 6 rings (SSSR count). The molecule has 6 aromatic rings. The van der Waals surface area contributed by atoms with Crippen LogP contribution in [0.4, 0.5) is 17.1 Å². The summed E-state index contributed by atoms with van der Waals surface area (Å²) in [4.78, 5) is 42.7. The predicted molar refractivity (Wildman–Crippen MR) is 198 cm³/mol. The van der Waals surface area contributed by atoms with Crippen molar-refractivity contribution in [2.24, 2.45) is 0 Å². The smallest absolute Gasteiger partial charge is 0.272 e. The number of amides is 3. The van der Waals surface area contributed by atoms with Crippen LogP contribution in [0, 0.1) is 0 Å². The van der Waals surface area contributed by atoms with Gasteiger partial charge in [0, 0.05) is 33.6 Å². The monoisotopic (exact) mass is 679 g/mol. The van der Waals surface area contributed by atoms with Crippen LogP contribution < -0.4 is 20.3 Å². The van der Waals surface area contributed by atoms with Gasteiger partial charge in [-0.15, -0.1) is 11.8 Å². The van der Waals surface area contributed by atoms with E-state index in [1.54, 1.807) is 60.5 Å². The number of carbonyl (C=O) groups excluding carboxylic acids is 3. The highest BCUT2D eigenvalue weighted by Crippen LogP contribution is 2.32. The zero-order valence-corrected chi connectivity index (χ0v) is 27.9. The molecule has 50 heavy (non-hydrogen) atoms. The van der Waals surface area contributed by atoms with Gasteiger partial charge in [-0.1, -0.05) is 66.7 Å². The van der Waals surface area contributed by atoms with E-state index >= 15 is 0 Å². The second-order valence-corrected chi connectivity index (χ2v) is 12.0. The van der Waals surface area contributed by atoms with Crippen molar-refractivity contribution in [1.82, 2.24) is 5.32 Å². The number of benzene rings is 5. The van der Waals surface area contributed by atoms with E-state index in [4.69, 9.17) is 9.15 Å². The summed E-state index contributed by atoms with van der Waals surface area (Å²) < 4.78 is 11.5. The first-order chi connectivity index (χ1) is 24.5. The summed E-state index contributed by atoms with van der Waals surface area (Å²) in [5.41, 5.74) is 3.23. The number of furan rings is 1. The number of ether oxygens (including phenoxy) is 1. The van der Waals surface area contributed by atoms with Crippen LogP contribution in [0.2, 0.25) is 0 Å². The summed E-state index contributed by atoms with van der Waals surface area (Å²) in [6, 6.07) is 45.8. The maximum Gasteiger partial charge on any atom is 0.272 e. The van der Waals surface area contributed by atoms with Crippen molar-refractivity contribution in [2.75, 3.05) is 23.1 Å². The second kappa shape index (κ2) is 16.2. The summed E-state index contributed by atoms with van der Waals surface area (Å²) >= 11 is 1.40. The highest BCUT2D eigenvalue weighted by atomic mass is 32.2. The van der Waals surface area contributed by atoms with Gasteiger partial charge >= 0.3 is 0 Å². The molecule has 0 saturated carbocycles. The number of rotatable bonds is 12. The molecule has 1 heterocycles. The lowest BCUT2D eigenvalue weighted by Crippen LogP contribution is -2.30. The molecule has 0 spiro atoms. The topological polar surface area (TPSA) is 101 Å². The Balaban J connectivity index is 1.16. The Hall–Kier alpha value is -6.32. The minimum absolute atomic E-state index is 0.00857. The van der Waals surface area contributed by atoms with E-state index < -0.39 is 11.8 Å². The average Bonchev–Trinajstić information content (AvgIpc) is 3.64. The Labute approximate surface area is 294 Å². The van der Waals surface area contributed by atoms with E-state index in [2.05, 4.69) is 10.6 Å². The Morgan fingerprint density at radius 1 is 0.720 bits per heavy atom. The van der Waals surface area contributed by atoms with Gasteiger partial charge in [-0.3, -0.25) is 19.3 Å². The van der Waals surface area contributed by atoms with Crippen molar-refractivity contribution in [3.05, 3.63) is 169 Å². The molecule has 0 saturated heterocycles. The molecule has 0 aliphatic rings. The van der Waals surface area contributed by atoms with Crippen LogP contribution >= 0.6 is 11.8 Å². The van der Waals surface area contributed by atoms with Crippen molar-refractivity contribution >= 4 is 52.6 Å². The van der Waals surface area contributed by atoms with Crippen LogP contribution in [0.1, 0.15) is 16.1 Å². The number of anilines is 3. The molecule has 1 aromatic heterocycles. The van der Waals surface area contributed by atoms with E-state index in [0.29, 0.717) is 28.5 Å². The summed E-state index contributed by atoms with van der Waals surface area (Å²) in [6.45, 7) is 0. The third kappa shape index (κ3) is 8.39. The van der Waals surface area contributed by atoms with Crippen LogP contribution in [0.25, 0.3) is 17.4 Å². The third-order valence-corrected chi connectivity index (χ3v) is 8.56. The van der Waals surface area contributed by atoms with Gasteiger partial charge in [0.05, 0.1) is 18.4 Å². The lowest BCUT2D eigenvalue weighted by molar-refractivity contribution is -0.115. The molecule has 3 amide bonds. The largest absolute Gasteiger partial charge is 0.496 e. The number of thioether (sulfide) groups is 1. The molecule has 248 valence electrons. The normalized spacial score (nSPS) is 11.0. The Bertz CT molecular complexity index is 2060. The molecule has 0 aliphatic heterocycles. The molecule has 0 radical (unpaired) electrons. The molecule has 0 unspecified atom stereocenters. The Morgan fingerprint density at radius 2 is 1.32 bits per heavy atom. The zero-order chi connectivity index (χ0) is 34.7. The van der Waals surface area contributed by atoms with E-state index in [1.165, 1.54) is 17.8 Å². The molecule has 2 N–H and O–H groups in total. The highest BCUT2D eigenvalue weighted by Gasteiger charge is 2.19. The molecule has 0 fully saturated rings. The summed E-state index contributed by atoms with van der Waals surface area (Å²) in [5.74, 6) is 0.699. The zero-order valence-electron chi connectivity index (χ0n) is 27.1. The van der Waals surface area contributed by atoms with Crippen LogP contribution in [-0.2, 0) is 9.59 Å². The fourth-order valence-electron chi connectivity index (χ4n) is 5.14. The Morgan fingerprint density at radius 3 is 1.96 bits per heavy atom. The van der Waals surface area contributed by atoms with Gasteiger partial charge in [0.1, 0.15) is 23.0 Å². The first kappa shape index (κ1) is 33.6. The first-order valence-corrected chi connectivity index (χ1v) is 16.8. The summed E-state index contributed by atoms with van der Waals surface area (Å²) in [5, 5.41) is 5.60. The van der Waals surface area contributed by atoms with Gasteiger partial charge < -0.3 is 19.8 Å². The molecule has 9 heteroatoms. The number of hydrogen-bond acceptors (Lipinski definition) is 6. The standard InChI is InChI=1S/C41H33N3O5S/c1-48-37-20-12-11-19-35(37)38-26-23-33(49-38)27-36(43-40(46)29-13-5-2-6-14-29)41(47)42-30-21-24-34(25-22-30)50-28-39(45)44(31-15-7-3-8-16-31)32-17-9-4-10-18-32/h2-27H,28H2,1H3,(H,42,47)(H,43,46)/b36-27-. The SMILES string of the molecule is COc1ccccc1-c1ccc(/C=C(\NC(=O)c2ccccc2)C(=O)Nc2ccc(SCC(=O)N(c3ccccc3)c3ccccc3)cc2)o1. The van der Waals surface area contributed by atoms with Gasteiger partial charge in [-0.2, -0.15) is 0 Å². The van der Waals surface area contributed by atoms with E-state index in [9.17, 15) is 14.4 Å². The number of nitrogens with one attached hydrogen (secondary N) is 2. The number of carbonyl (C=O) groups is 3. The number of nitrogens with zero attached hydrogens (tertiary/aromatic N) is 1. The van der Waals surface area contributed by atoms with Gasteiger partial charge in [0.15, 0.2) is 0 Å². The molecule has 0 aliphatic carbocycles. The maximum atomic E-state index is 13.6. The lowest BCUT2D eigenvalue weighted by atomic mass is 10.1. The molecule has 0 atom stereocenters. The van der Waals surface area contributed by atoms with E-state index in [1.807, 2.05) is 103 Å². The van der Waals surface area contributed by atoms with Gasteiger partial charge in [-0.25, -0.2) is 0 Å². The molecule has 0 bridgehead atoms. The highest BCUT2D eigenvalue weighted by molar-refractivity contribution is 8.00. The van der Waals surface area contributed by atoms with Crippen LogP contribution in [0.15, 0.2) is 167 Å². The van der Waals surface area contributed by atoms with E-state index in [-0.39, 0.29) is 17.4 Å². The third-order valence-electron chi connectivity index (χ3n) is 7.57. The average molecular weight is 680 g/mol. The Kier molecular flexibility index (Phi) is 10.9. The fourth-order valence-corrected chi connectivity index (χ4v) is 5.89. The fraction of sp³-hybridized carbons (Fsp3) is 0.0488. The molecular formula is C41H33N3O5S. The quantitative estimate of drug-likeness (QED) is 0.0991. The minimum atomic E-state index is -0.540. The summed E-state index contributed by atoms with van der Waals surface area (Å²) in [7, 11) is 1.58. The van der Waals surface area contributed by atoms with Gasteiger partial charge in [-0.05, 0) is 84.9 Å². The molecular weight excluding hydrogens is 647 g/mol. The van der Waals surface area contributed by atoms with Gasteiger partial charge in [0.2, 0.25) is 5.91 Å². The van der Waals surface area contributed by atoms with Crippen molar-refractivity contribution in [3.63, 3.8) is 0 Å². The molecule has 5 aromatic carbocycles. The van der Waals surface area contributed by atoms with Crippen LogP contribution in [0.5, 0.6) is 5.75 Å². The molecule has 8 nitrogen and oxygen atoms in total. The van der Waals surface area contributed by atoms with Crippen molar-refractivity contribution in [1.29, 1.82) is 0 Å². The minimum Gasteiger partial charge on any atom is -0.496 e. The van der Waals surface area contributed by atoms with Crippen molar-refractivity contribution in [2.45, 2.75) is 4.90 Å². The first-order valence-electron chi connectivity index (χ1n) is 15.8. The number of para-hydroxylation sites is 3. The van der Waals surface area contributed by atoms with E-state index in [0.717, 1.165) is 21.8 Å². The number of methoxy groups -OCH3 is 1. The van der Waals surface area contributed by atoms with Gasteiger partial charge in [0.25, 0.3) is 11.8 Å². The predicted octanol–water partition coefficient (Wildman–Crippen LogP) is 8.82. The maximum absolute atomic E-state index is 13.6. The number of hydrogen-bond donors (Lipinski definition) is 2. The van der Waals surface area contributed by atoms with Crippen molar-refractivity contribution < 1.29 is 23.5 Å². The van der Waals surface area contributed by atoms with Crippen molar-refractivity contribution in [3.8, 4) is 17.1 Å².